The van der Waals surface area contributed by atoms with Gasteiger partial charge in [0.05, 0.1) is 0 Å². The third-order valence-electron chi connectivity index (χ3n) is 0. The van der Waals surface area contributed by atoms with Crippen LogP contribution in [0, 0.1) is 0 Å². The zero-order chi connectivity index (χ0) is 0. The molecule has 8 heavy (non-hydrogen) atoms. The SMILES string of the molecule is [Cl-].[Cl-].[Cl-].[Cl-].[Cl-].[Cl-].[OH4+2].[Zr+4]. The molecule has 0 atom stereocenters. The fourth-order valence-electron chi connectivity index (χ4n) is 0. The van der Waals surface area contributed by atoms with Gasteiger partial charge in [-0.05, 0) is 0 Å². The van der Waals surface area contributed by atoms with Gasteiger partial charge in [0.15, 0.2) is 0 Å². The van der Waals surface area contributed by atoms with Gasteiger partial charge in [0.1, 0.15) is 0 Å². The quantitative estimate of drug-likeness (QED) is 0.424. The van der Waals surface area contributed by atoms with E-state index in [1.807, 2.05) is 0 Å². The molecule has 4 N–H and O–H groups in total. The van der Waals surface area contributed by atoms with Crippen molar-refractivity contribution in [2.75, 3.05) is 0 Å². The van der Waals surface area contributed by atoms with Gasteiger partial charge in [-0.15, -0.1) is 0 Å². The molecule has 0 aromatic heterocycles. The van der Waals surface area contributed by atoms with Gasteiger partial charge in [-0.2, -0.15) is 0 Å². The van der Waals surface area contributed by atoms with Crippen molar-refractivity contribution in [2.45, 2.75) is 0 Å². The predicted molar refractivity (Wildman–Crippen MR) is 6.27 cm³/mol. The molecule has 0 spiro atoms. The summed E-state index contributed by atoms with van der Waals surface area (Å²) in [5, 5.41) is 0. The summed E-state index contributed by atoms with van der Waals surface area (Å²) in [5.41, 5.74) is 0. The van der Waals surface area contributed by atoms with Crippen LogP contribution >= 0.6 is 0 Å². The molecule has 56 valence electrons. The second-order valence-corrected chi connectivity index (χ2v) is 0. The van der Waals surface area contributed by atoms with Crippen molar-refractivity contribution < 1.29 is 106 Å². The topological polar surface area (TPSA) is 34.5 Å². The largest absolute Gasteiger partial charge is 4.00 e. The average Bonchev–Trinajstić information content (AvgIpc) is 0. The minimum absolute atomic E-state index is 0. The van der Waals surface area contributed by atoms with E-state index in [-0.39, 0.29) is 106 Å². The Bertz CT molecular complexity index is 8.49. The smallest absolute Gasteiger partial charge is 1.00 e. The Morgan fingerprint density at radius 1 is 0.375 bits per heavy atom. The monoisotopic (exact) mass is 320 g/mol. The summed E-state index contributed by atoms with van der Waals surface area (Å²) in [7, 11) is 0. The van der Waals surface area contributed by atoms with Gasteiger partial charge >= 0.3 is 26.2 Å². The van der Waals surface area contributed by atoms with Crippen LogP contribution in [0.4, 0.5) is 0 Å². The first-order valence-electron chi connectivity index (χ1n) is 0. The minimum Gasteiger partial charge on any atom is -1.00 e. The number of rotatable bonds is 0. The summed E-state index contributed by atoms with van der Waals surface area (Å²) < 4.78 is 0. The molecule has 0 saturated heterocycles. The molecule has 0 unspecified atom stereocenters. The van der Waals surface area contributed by atoms with E-state index >= 15 is 0 Å². The fraction of sp³-hybridized carbons (Fsp3) is 0. The van der Waals surface area contributed by atoms with Crippen LogP contribution in [0.2, 0.25) is 0 Å². The van der Waals surface area contributed by atoms with E-state index in [0.29, 0.717) is 0 Å². The van der Waals surface area contributed by atoms with E-state index in [9.17, 15) is 0 Å². The summed E-state index contributed by atoms with van der Waals surface area (Å²) in [5.74, 6) is 0. The maximum atomic E-state index is 0. The molecule has 8 heteroatoms. The second kappa shape index (κ2) is 106. The second-order valence-electron chi connectivity index (χ2n) is 0. The molecule has 0 heterocycles. The van der Waals surface area contributed by atoms with Crippen LogP contribution < -0.4 is 74.4 Å². The minimum atomic E-state index is 0. The number of halogens is 6. The Balaban J connectivity index is 0. The molecule has 0 radical (unpaired) electrons. The van der Waals surface area contributed by atoms with Crippen LogP contribution in [0.3, 0.4) is 0 Å². The van der Waals surface area contributed by atoms with Gasteiger partial charge in [-0.1, -0.05) is 0 Å². The van der Waals surface area contributed by atoms with Crippen LogP contribution in [0.5, 0.6) is 0 Å². The first kappa shape index (κ1) is 146. The van der Waals surface area contributed by atoms with Crippen molar-refractivity contribution >= 4 is 0 Å². The van der Waals surface area contributed by atoms with Gasteiger partial charge in [0.25, 0.3) is 0 Å². The van der Waals surface area contributed by atoms with Crippen LogP contribution in [0.25, 0.3) is 0 Å². The molecule has 0 aliphatic carbocycles. The third kappa shape index (κ3) is 74.0. The van der Waals surface area contributed by atoms with Crippen molar-refractivity contribution in [1.29, 1.82) is 0 Å². The zero-order valence-corrected chi connectivity index (χ0v) is 10.5. The van der Waals surface area contributed by atoms with Crippen LogP contribution in [-0.2, 0) is 31.7 Å². The van der Waals surface area contributed by atoms with Gasteiger partial charge < -0.3 is 79.9 Å². The molecule has 0 saturated carbocycles. The van der Waals surface area contributed by atoms with Gasteiger partial charge in [0, 0.05) is 0 Å². The Labute approximate surface area is 105 Å². The van der Waals surface area contributed by atoms with E-state index in [1.54, 1.807) is 0 Å². The Kier molecular flexibility index (Phi) is 1930. The van der Waals surface area contributed by atoms with Gasteiger partial charge in [-0.3, -0.25) is 0 Å². The van der Waals surface area contributed by atoms with E-state index < -0.39 is 0 Å². The standard InChI is InChI=1S/6ClH.H4O.Zr/h6*1H;1H4;/q;;;;;;+2;+4/p-6. The Morgan fingerprint density at radius 2 is 0.375 bits per heavy atom. The average molecular weight is 324 g/mol. The van der Waals surface area contributed by atoms with E-state index in [4.69, 9.17) is 0 Å². The van der Waals surface area contributed by atoms with Crippen LogP contribution in [0.15, 0.2) is 0 Å². The van der Waals surface area contributed by atoms with E-state index in [1.165, 1.54) is 0 Å². The molecule has 0 aromatic rings. The number of hydrogen-bond acceptors (Lipinski definition) is 0. The molecule has 0 bridgehead atoms. The fourth-order valence-corrected chi connectivity index (χ4v) is 0. The first-order chi connectivity index (χ1) is 0. The molecule has 0 aliphatic heterocycles. The van der Waals surface area contributed by atoms with Crippen molar-refractivity contribution in [3.05, 3.63) is 0 Å². The summed E-state index contributed by atoms with van der Waals surface area (Å²) in [6.07, 6.45) is 0. The van der Waals surface area contributed by atoms with Crippen LogP contribution in [0.1, 0.15) is 0 Å². The van der Waals surface area contributed by atoms with Crippen molar-refractivity contribution in [3.63, 3.8) is 0 Å². The van der Waals surface area contributed by atoms with E-state index in [0.717, 1.165) is 0 Å². The molecular formula is H4Cl6OZr. The summed E-state index contributed by atoms with van der Waals surface area (Å²) >= 11 is 0. The molecular weight excluding hydrogens is 320 g/mol. The molecule has 0 rings (SSSR count). The first-order valence-corrected chi connectivity index (χ1v) is 0. The molecule has 0 aliphatic rings. The molecule has 1 nitrogen and oxygen atoms in total. The normalized spacial score (nSPS) is 0. The zero-order valence-electron chi connectivity index (χ0n) is 3.47. The molecule has 0 amide bonds. The van der Waals surface area contributed by atoms with Crippen molar-refractivity contribution in [1.82, 2.24) is 0 Å². The summed E-state index contributed by atoms with van der Waals surface area (Å²) in [6, 6.07) is 0. The Hall–Kier alpha value is 2.58. The molecule has 0 fully saturated rings. The van der Waals surface area contributed by atoms with Crippen LogP contribution in [-0.4, -0.2) is 0 Å². The molecule has 0 aromatic carbocycles. The van der Waals surface area contributed by atoms with Crippen molar-refractivity contribution in [2.24, 2.45) is 0 Å². The van der Waals surface area contributed by atoms with Gasteiger partial charge in [0.2, 0.25) is 0 Å². The van der Waals surface area contributed by atoms with Gasteiger partial charge in [-0.25, -0.2) is 0 Å². The van der Waals surface area contributed by atoms with Crippen molar-refractivity contribution in [3.8, 4) is 0 Å². The summed E-state index contributed by atoms with van der Waals surface area (Å²) in [6.45, 7) is 0. The Morgan fingerprint density at radius 3 is 0.375 bits per heavy atom. The summed E-state index contributed by atoms with van der Waals surface area (Å²) in [4.78, 5) is 0. The maximum Gasteiger partial charge on any atom is 4.00 e. The maximum absolute atomic E-state index is 0. The third-order valence-corrected chi connectivity index (χ3v) is 0. The predicted octanol–water partition coefficient (Wildman–Crippen LogP) is -19.2. The number of hydrogen-bond donors (Lipinski definition) is 0. The van der Waals surface area contributed by atoms with E-state index in [2.05, 4.69) is 0 Å².